The summed E-state index contributed by atoms with van der Waals surface area (Å²) in [5.41, 5.74) is 8.39. The van der Waals surface area contributed by atoms with Gasteiger partial charge in [-0.1, -0.05) is 24.3 Å². The molecule has 0 amide bonds. The molecular weight excluding hydrogens is 486 g/mol. The maximum atomic E-state index is 14.1. The van der Waals surface area contributed by atoms with E-state index < -0.39 is 0 Å². The SMILES string of the molecule is Cn1c2[n+](c3ccccc31)[N+]13c4c(cccc4-2)Oc2ccc4c(=O)c5cccc6c7ccc[n+]1c7n(c4c23)c56. The van der Waals surface area contributed by atoms with Gasteiger partial charge in [0.05, 0.1) is 27.9 Å². The largest absolute Gasteiger partial charge is 0.444 e. The summed E-state index contributed by atoms with van der Waals surface area (Å²) in [7, 11) is 2.13. The predicted molar refractivity (Wildman–Crippen MR) is 148 cm³/mol. The number of hydrogen-bond donors (Lipinski definition) is 0. The molecule has 1 spiro atoms. The maximum Gasteiger partial charge on any atom is 0.352 e. The van der Waals surface area contributed by atoms with Crippen LogP contribution in [0, 0.1) is 0 Å². The molecule has 1 unspecified atom stereocenters. The van der Waals surface area contributed by atoms with Crippen LogP contribution in [-0.2, 0) is 7.05 Å². The molecule has 8 aromatic rings. The van der Waals surface area contributed by atoms with Gasteiger partial charge in [0.1, 0.15) is 5.56 Å². The van der Waals surface area contributed by atoms with E-state index in [1.807, 2.05) is 24.3 Å². The number of aryl methyl sites for hydroxylation is 1. The molecule has 0 N–H and O–H groups in total. The van der Waals surface area contributed by atoms with Crippen molar-refractivity contribution in [3.05, 3.63) is 101 Å². The first-order valence-corrected chi connectivity index (χ1v) is 13.1. The van der Waals surface area contributed by atoms with Crippen LogP contribution in [0.2, 0.25) is 0 Å². The van der Waals surface area contributed by atoms with E-state index in [-0.39, 0.29) is 10.1 Å². The van der Waals surface area contributed by atoms with Crippen molar-refractivity contribution < 1.29 is 14.1 Å². The lowest BCUT2D eigenvalue weighted by Crippen LogP contribution is -2.83. The molecule has 0 saturated carbocycles. The van der Waals surface area contributed by atoms with E-state index in [2.05, 4.69) is 92.2 Å². The number of quaternary nitrogens is 1. The summed E-state index contributed by atoms with van der Waals surface area (Å²) in [6.07, 6.45) is 2.18. The first kappa shape index (κ1) is 18.9. The molecule has 3 aliphatic rings. The van der Waals surface area contributed by atoms with Crippen molar-refractivity contribution in [1.82, 2.24) is 13.7 Å². The molecule has 1 atom stereocenters. The second-order valence-electron chi connectivity index (χ2n) is 10.8. The van der Waals surface area contributed by atoms with Gasteiger partial charge in [-0.25, -0.2) is 4.57 Å². The van der Waals surface area contributed by atoms with Gasteiger partial charge in [0.15, 0.2) is 23.0 Å². The van der Waals surface area contributed by atoms with Crippen molar-refractivity contribution in [2.24, 2.45) is 7.05 Å². The van der Waals surface area contributed by atoms with Crippen LogP contribution < -0.4 is 24.2 Å². The van der Waals surface area contributed by atoms with Crippen LogP contribution in [0.1, 0.15) is 0 Å². The highest BCUT2D eigenvalue weighted by Crippen LogP contribution is 2.59. The second kappa shape index (κ2) is 5.60. The monoisotopic (exact) mass is 504 g/mol. The number of imidazole rings is 1. The van der Waals surface area contributed by atoms with Gasteiger partial charge in [0, 0.05) is 10.1 Å². The topological polar surface area (TPSA) is 43.4 Å². The number of para-hydroxylation sites is 4. The quantitative estimate of drug-likeness (QED) is 0.161. The Balaban J connectivity index is 1.56. The molecule has 0 saturated heterocycles. The van der Waals surface area contributed by atoms with E-state index in [1.54, 1.807) is 0 Å². The highest BCUT2D eigenvalue weighted by atomic mass is 16.5. The molecule has 0 aliphatic carbocycles. The minimum absolute atomic E-state index is 0.0572. The average Bonchev–Trinajstić information content (AvgIpc) is 3.58. The molecule has 7 heteroatoms. The summed E-state index contributed by atoms with van der Waals surface area (Å²) in [4.78, 5) is 14.1. The summed E-state index contributed by atoms with van der Waals surface area (Å²) >= 11 is 0. The van der Waals surface area contributed by atoms with Gasteiger partial charge in [-0.2, -0.15) is 4.40 Å². The Morgan fingerprint density at radius 3 is 2.49 bits per heavy atom. The number of pyridine rings is 2. The third-order valence-electron chi connectivity index (χ3n) is 9.21. The zero-order chi connectivity index (χ0) is 25.4. The molecular formula is C32H18N5O2+3. The molecule has 0 radical (unpaired) electrons. The van der Waals surface area contributed by atoms with Crippen LogP contribution in [0.3, 0.4) is 0 Å². The van der Waals surface area contributed by atoms with Gasteiger partial charge in [-0.3, -0.25) is 4.79 Å². The van der Waals surface area contributed by atoms with Crippen molar-refractivity contribution in [3.63, 3.8) is 0 Å². The standard InChI is InChI=1S/C32H18N5O2/c1-33-22-11-2-3-12-23(22)36-31(33)21-9-5-13-24-28(21)37(36)29-25(39-24)15-14-20-27(29)35-26-17(7-4-8-19(26)30(20)38)18-10-6-16-34(37)32(18)35/h2-16H,1H3/q+3. The van der Waals surface area contributed by atoms with E-state index in [4.69, 9.17) is 4.74 Å². The first-order valence-electron chi connectivity index (χ1n) is 13.1. The predicted octanol–water partition coefficient (Wildman–Crippen LogP) is 5.23. The van der Waals surface area contributed by atoms with E-state index >= 15 is 0 Å². The number of nitrogens with zero attached hydrogens (tertiary/aromatic N) is 5. The van der Waals surface area contributed by atoms with Crippen LogP contribution in [0.25, 0.3) is 60.6 Å². The molecule has 7 nitrogen and oxygen atoms in total. The molecule has 0 fully saturated rings. The Morgan fingerprint density at radius 1 is 0.744 bits per heavy atom. The molecule has 7 heterocycles. The summed E-state index contributed by atoms with van der Waals surface area (Å²) in [6, 6.07) is 29.2. The van der Waals surface area contributed by atoms with Crippen LogP contribution in [0.4, 0.5) is 11.4 Å². The summed E-state index contributed by atoms with van der Waals surface area (Å²) in [6.45, 7) is 0. The van der Waals surface area contributed by atoms with E-state index in [0.29, 0.717) is 5.39 Å². The number of aromatic nitrogens is 4. The fraction of sp³-hybridized carbons (Fsp3) is 0.0312. The van der Waals surface area contributed by atoms with Crippen molar-refractivity contribution in [1.29, 1.82) is 0 Å². The van der Waals surface area contributed by atoms with Crippen molar-refractivity contribution in [2.45, 2.75) is 0 Å². The van der Waals surface area contributed by atoms with Gasteiger partial charge in [-0.05, 0) is 65.3 Å². The highest BCUT2D eigenvalue weighted by molar-refractivity contribution is 6.17. The van der Waals surface area contributed by atoms with Gasteiger partial charge in [0.25, 0.3) is 5.69 Å². The molecule has 180 valence electrons. The Labute approximate surface area is 219 Å². The number of benzene rings is 4. The molecule has 4 aromatic heterocycles. The highest BCUT2D eigenvalue weighted by Gasteiger charge is 2.68. The minimum Gasteiger partial charge on any atom is -0.444 e. The number of ether oxygens (including phenoxy) is 1. The van der Waals surface area contributed by atoms with E-state index in [1.165, 1.54) is 0 Å². The molecule has 39 heavy (non-hydrogen) atoms. The Bertz CT molecular complexity index is 2580. The van der Waals surface area contributed by atoms with Gasteiger partial charge >= 0.3 is 17.2 Å². The van der Waals surface area contributed by atoms with Crippen LogP contribution >= 0.6 is 0 Å². The maximum absolute atomic E-state index is 14.1. The fourth-order valence-electron chi connectivity index (χ4n) is 7.90. The van der Waals surface area contributed by atoms with Gasteiger partial charge in [0.2, 0.25) is 22.2 Å². The summed E-state index contributed by atoms with van der Waals surface area (Å²) in [5, 5.41) is 3.66. The lowest BCUT2D eigenvalue weighted by molar-refractivity contribution is -1.01. The lowest BCUT2D eigenvalue weighted by Gasteiger charge is -2.32. The lowest BCUT2D eigenvalue weighted by atomic mass is 10.0. The van der Waals surface area contributed by atoms with E-state index in [0.717, 1.165) is 78.1 Å². The third-order valence-corrected chi connectivity index (χ3v) is 9.21. The molecule has 0 bridgehead atoms. The van der Waals surface area contributed by atoms with Crippen molar-refractivity contribution >= 4 is 60.6 Å². The van der Waals surface area contributed by atoms with Crippen molar-refractivity contribution in [3.8, 4) is 22.9 Å². The minimum atomic E-state index is 0.0572. The Kier molecular flexibility index (Phi) is 2.71. The fourth-order valence-corrected chi connectivity index (χ4v) is 7.90. The summed E-state index contributed by atoms with van der Waals surface area (Å²) in [5.74, 6) is 2.68. The van der Waals surface area contributed by atoms with Crippen molar-refractivity contribution in [2.75, 3.05) is 0 Å². The molecule has 11 rings (SSSR count). The van der Waals surface area contributed by atoms with Gasteiger partial charge < -0.3 is 4.74 Å². The second-order valence-corrected chi connectivity index (χ2v) is 10.8. The smallest absolute Gasteiger partial charge is 0.352 e. The average molecular weight is 505 g/mol. The Hall–Kier alpha value is -5.27. The molecule has 4 aromatic carbocycles. The first-order chi connectivity index (χ1) is 19.2. The third kappa shape index (κ3) is 1.65. The van der Waals surface area contributed by atoms with Gasteiger partial charge in [-0.15, -0.1) is 0 Å². The molecule has 3 aliphatic heterocycles. The zero-order valence-corrected chi connectivity index (χ0v) is 20.7. The number of fused-ring (bicyclic) bond motifs is 5. The van der Waals surface area contributed by atoms with E-state index in [9.17, 15) is 4.79 Å². The normalized spacial score (nSPS) is 17.8. The van der Waals surface area contributed by atoms with Crippen LogP contribution in [0.5, 0.6) is 11.5 Å². The summed E-state index contributed by atoms with van der Waals surface area (Å²) < 4.78 is 16.3. The Morgan fingerprint density at radius 2 is 1.54 bits per heavy atom. The number of hydrogen-bond acceptors (Lipinski definition) is 2. The van der Waals surface area contributed by atoms with Crippen LogP contribution in [-0.4, -0.2) is 8.97 Å². The number of rotatable bonds is 0. The van der Waals surface area contributed by atoms with Crippen LogP contribution in [0.15, 0.2) is 95.9 Å². The zero-order valence-electron chi connectivity index (χ0n) is 20.7.